The van der Waals surface area contributed by atoms with Gasteiger partial charge >= 0.3 is 0 Å². The highest BCUT2D eigenvalue weighted by Crippen LogP contribution is 2.35. The molecular formula is C19H26N6O. The number of aromatic nitrogens is 4. The Morgan fingerprint density at radius 1 is 1.00 bits per heavy atom. The third kappa shape index (κ3) is 3.62. The van der Waals surface area contributed by atoms with Crippen molar-refractivity contribution in [2.75, 3.05) is 49.2 Å². The number of anilines is 2. The molecule has 0 amide bonds. The highest BCUT2D eigenvalue weighted by molar-refractivity contribution is 5.39. The maximum Gasteiger partial charge on any atom is 0.225 e. The summed E-state index contributed by atoms with van der Waals surface area (Å²) in [5.74, 6) is 1.75. The predicted octanol–water partition coefficient (Wildman–Crippen LogP) is 2.01. The Labute approximate surface area is 154 Å². The fourth-order valence-electron chi connectivity index (χ4n) is 3.92. The Hall–Kier alpha value is -2.28. The monoisotopic (exact) mass is 354 g/mol. The van der Waals surface area contributed by atoms with Gasteiger partial charge in [0.1, 0.15) is 0 Å². The van der Waals surface area contributed by atoms with Gasteiger partial charge in [-0.1, -0.05) is 0 Å². The molecule has 1 atom stereocenters. The van der Waals surface area contributed by atoms with Crippen LogP contribution in [0.2, 0.25) is 0 Å². The van der Waals surface area contributed by atoms with Crippen LogP contribution in [0, 0.1) is 19.3 Å². The van der Waals surface area contributed by atoms with Crippen LogP contribution in [0.5, 0.6) is 0 Å². The summed E-state index contributed by atoms with van der Waals surface area (Å²) in [5.41, 5.74) is 2.09. The smallest absolute Gasteiger partial charge is 0.225 e. The Kier molecular flexibility index (Phi) is 4.72. The number of aryl methyl sites for hydroxylation is 2. The van der Waals surface area contributed by atoms with Crippen LogP contribution in [0.4, 0.5) is 11.8 Å². The van der Waals surface area contributed by atoms with E-state index in [0.29, 0.717) is 0 Å². The quantitative estimate of drug-likeness (QED) is 0.817. The van der Waals surface area contributed by atoms with Crippen LogP contribution in [0.15, 0.2) is 24.5 Å². The molecule has 0 saturated carbocycles. The minimum Gasteiger partial charge on any atom is -0.379 e. The number of piperidine rings is 1. The molecule has 7 heteroatoms. The average molecular weight is 354 g/mol. The van der Waals surface area contributed by atoms with Crippen molar-refractivity contribution in [1.82, 2.24) is 20.2 Å². The summed E-state index contributed by atoms with van der Waals surface area (Å²) >= 11 is 0. The third-order valence-electron chi connectivity index (χ3n) is 5.26. The van der Waals surface area contributed by atoms with Crippen LogP contribution < -0.4 is 9.80 Å². The average Bonchev–Trinajstić information content (AvgIpc) is 2.85. The first-order valence-corrected chi connectivity index (χ1v) is 9.30. The molecule has 0 bridgehead atoms. The van der Waals surface area contributed by atoms with E-state index in [9.17, 15) is 0 Å². The molecular weight excluding hydrogens is 328 g/mol. The first kappa shape index (κ1) is 17.1. The molecule has 0 N–H and O–H groups in total. The van der Waals surface area contributed by atoms with E-state index in [1.54, 1.807) is 0 Å². The third-order valence-corrected chi connectivity index (χ3v) is 5.26. The summed E-state index contributed by atoms with van der Waals surface area (Å²) in [6.07, 6.45) is 6.04. The van der Waals surface area contributed by atoms with Gasteiger partial charge in [0, 0.05) is 44.0 Å². The fourth-order valence-corrected chi connectivity index (χ4v) is 3.92. The molecule has 26 heavy (non-hydrogen) atoms. The molecule has 4 rings (SSSR count). The standard InChI is InChI=1S/C19H26N6O/c1-15-10-20-18(21-11-15)25-7-3-6-19(13-25)12-24(8-9-26-14-19)17-5-4-16(2)22-23-17/h4-5,10-11H,3,6-9,12-14H2,1-2H3/t19-/m0/s1. The number of hydrogen-bond donors (Lipinski definition) is 0. The number of nitrogens with zero attached hydrogens (tertiary/aromatic N) is 6. The molecule has 4 heterocycles. The van der Waals surface area contributed by atoms with Gasteiger partial charge in [0.2, 0.25) is 5.95 Å². The lowest BCUT2D eigenvalue weighted by Gasteiger charge is -2.43. The molecule has 138 valence electrons. The molecule has 2 aromatic heterocycles. The van der Waals surface area contributed by atoms with E-state index < -0.39 is 0 Å². The van der Waals surface area contributed by atoms with Crippen LogP contribution in [0.25, 0.3) is 0 Å². The second-order valence-electron chi connectivity index (χ2n) is 7.59. The van der Waals surface area contributed by atoms with Crippen molar-refractivity contribution in [3.8, 4) is 0 Å². The lowest BCUT2D eigenvalue weighted by atomic mass is 9.80. The predicted molar refractivity (Wildman–Crippen MR) is 100 cm³/mol. The van der Waals surface area contributed by atoms with Gasteiger partial charge in [-0.05, 0) is 44.4 Å². The molecule has 0 aliphatic carbocycles. The normalized spacial score (nSPS) is 23.9. The summed E-state index contributed by atoms with van der Waals surface area (Å²) in [6.45, 7) is 9.14. The maximum atomic E-state index is 6.01. The van der Waals surface area contributed by atoms with Crippen molar-refractivity contribution >= 4 is 11.8 Å². The second-order valence-corrected chi connectivity index (χ2v) is 7.59. The van der Waals surface area contributed by atoms with E-state index in [0.717, 1.165) is 75.3 Å². The lowest BCUT2D eigenvalue weighted by molar-refractivity contribution is 0.0596. The summed E-state index contributed by atoms with van der Waals surface area (Å²) < 4.78 is 6.01. The SMILES string of the molecule is Cc1cnc(N2CCC[C@@]3(COCCN(c4ccc(C)nn4)C3)C2)nc1. The zero-order chi connectivity index (χ0) is 18.0. The Morgan fingerprint density at radius 3 is 2.58 bits per heavy atom. The van der Waals surface area contributed by atoms with Gasteiger partial charge in [0.05, 0.1) is 18.9 Å². The minimum absolute atomic E-state index is 0.0650. The van der Waals surface area contributed by atoms with Gasteiger partial charge in [0.25, 0.3) is 0 Å². The van der Waals surface area contributed by atoms with E-state index in [1.165, 1.54) is 0 Å². The first-order valence-electron chi connectivity index (χ1n) is 9.30. The molecule has 7 nitrogen and oxygen atoms in total. The molecule has 1 spiro atoms. The highest BCUT2D eigenvalue weighted by atomic mass is 16.5. The number of rotatable bonds is 2. The largest absolute Gasteiger partial charge is 0.379 e. The highest BCUT2D eigenvalue weighted by Gasteiger charge is 2.40. The van der Waals surface area contributed by atoms with Crippen molar-refractivity contribution < 1.29 is 4.74 Å². The summed E-state index contributed by atoms with van der Waals surface area (Å²) in [5, 5.41) is 8.62. The van der Waals surface area contributed by atoms with Crippen molar-refractivity contribution in [2.24, 2.45) is 5.41 Å². The van der Waals surface area contributed by atoms with Crippen LogP contribution in [0.3, 0.4) is 0 Å². The fraction of sp³-hybridized carbons (Fsp3) is 0.579. The van der Waals surface area contributed by atoms with Crippen LogP contribution in [-0.4, -0.2) is 59.6 Å². The van der Waals surface area contributed by atoms with Crippen molar-refractivity contribution in [2.45, 2.75) is 26.7 Å². The zero-order valence-corrected chi connectivity index (χ0v) is 15.6. The Balaban J connectivity index is 1.55. The topological polar surface area (TPSA) is 67.3 Å². The summed E-state index contributed by atoms with van der Waals surface area (Å²) in [7, 11) is 0. The van der Waals surface area contributed by atoms with Gasteiger partial charge < -0.3 is 14.5 Å². The van der Waals surface area contributed by atoms with E-state index in [2.05, 4.69) is 36.0 Å². The minimum atomic E-state index is 0.0650. The molecule has 2 fully saturated rings. The van der Waals surface area contributed by atoms with Crippen molar-refractivity contribution in [3.05, 3.63) is 35.8 Å². The summed E-state index contributed by atoms with van der Waals surface area (Å²) in [4.78, 5) is 13.7. The summed E-state index contributed by atoms with van der Waals surface area (Å²) in [6, 6.07) is 4.08. The number of ether oxygens (including phenoxy) is 1. The maximum absolute atomic E-state index is 6.01. The van der Waals surface area contributed by atoms with E-state index >= 15 is 0 Å². The molecule has 2 saturated heterocycles. The van der Waals surface area contributed by atoms with Crippen molar-refractivity contribution in [1.29, 1.82) is 0 Å². The first-order chi connectivity index (χ1) is 12.6. The number of hydrogen-bond acceptors (Lipinski definition) is 7. The molecule has 0 unspecified atom stereocenters. The molecule has 2 aliphatic heterocycles. The van der Waals surface area contributed by atoms with Crippen LogP contribution in [-0.2, 0) is 4.74 Å². The van der Waals surface area contributed by atoms with Gasteiger partial charge in [-0.25, -0.2) is 9.97 Å². The van der Waals surface area contributed by atoms with Crippen LogP contribution in [0.1, 0.15) is 24.1 Å². The van der Waals surface area contributed by atoms with Crippen molar-refractivity contribution in [3.63, 3.8) is 0 Å². The van der Waals surface area contributed by atoms with E-state index in [-0.39, 0.29) is 5.41 Å². The molecule has 0 radical (unpaired) electrons. The molecule has 2 aliphatic rings. The van der Waals surface area contributed by atoms with Gasteiger partial charge in [-0.2, -0.15) is 5.10 Å². The van der Waals surface area contributed by atoms with Gasteiger partial charge in [0.15, 0.2) is 5.82 Å². The second kappa shape index (κ2) is 7.15. The molecule has 2 aromatic rings. The Bertz CT molecular complexity index is 735. The van der Waals surface area contributed by atoms with E-state index in [1.807, 2.05) is 32.3 Å². The molecule has 0 aromatic carbocycles. The zero-order valence-electron chi connectivity index (χ0n) is 15.6. The van der Waals surface area contributed by atoms with Gasteiger partial charge in [-0.15, -0.1) is 5.10 Å². The van der Waals surface area contributed by atoms with Gasteiger partial charge in [-0.3, -0.25) is 0 Å². The van der Waals surface area contributed by atoms with Crippen LogP contribution >= 0.6 is 0 Å². The van der Waals surface area contributed by atoms with E-state index in [4.69, 9.17) is 4.74 Å². The Morgan fingerprint density at radius 2 is 1.81 bits per heavy atom. The lowest BCUT2D eigenvalue weighted by Crippen LogP contribution is -2.51.